The standard InChI is InChI=1S/C19H19F3N2O5/c1-4-28-17(26)14-9-15(18(27)29-5-2)24(23-14)10-16(25)12-7-6-11(3)13(8-12)19(20,21)22/h6-9H,4-5,10H2,1-3H3. The van der Waals surface area contributed by atoms with Crippen LogP contribution in [0, 0.1) is 6.92 Å². The number of hydrogen-bond acceptors (Lipinski definition) is 6. The maximum Gasteiger partial charge on any atom is 0.416 e. The molecular formula is C19H19F3N2O5. The molecule has 0 atom stereocenters. The minimum Gasteiger partial charge on any atom is -0.461 e. The van der Waals surface area contributed by atoms with Gasteiger partial charge < -0.3 is 9.47 Å². The van der Waals surface area contributed by atoms with Crippen LogP contribution in [-0.2, 0) is 22.2 Å². The van der Waals surface area contributed by atoms with E-state index in [1.165, 1.54) is 19.1 Å². The Labute approximate surface area is 164 Å². The van der Waals surface area contributed by atoms with E-state index in [-0.39, 0.29) is 35.7 Å². The van der Waals surface area contributed by atoms with Gasteiger partial charge in [-0.2, -0.15) is 18.3 Å². The lowest BCUT2D eigenvalue weighted by Crippen LogP contribution is -2.19. The fourth-order valence-electron chi connectivity index (χ4n) is 2.54. The fourth-order valence-corrected chi connectivity index (χ4v) is 2.54. The van der Waals surface area contributed by atoms with E-state index >= 15 is 0 Å². The first-order valence-corrected chi connectivity index (χ1v) is 8.71. The van der Waals surface area contributed by atoms with Gasteiger partial charge in [-0.05, 0) is 32.4 Å². The average Bonchev–Trinajstić information content (AvgIpc) is 3.05. The molecule has 0 saturated heterocycles. The quantitative estimate of drug-likeness (QED) is 0.511. The highest BCUT2D eigenvalue weighted by molar-refractivity contribution is 5.98. The van der Waals surface area contributed by atoms with E-state index in [0.29, 0.717) is 0 Å². The number of esters is 2. The number of Topliss-reactive ketones (excluding diaryl/α,β-unsaturated/α-hetero) is 1. The lowest BCUT2D eigenvalue weighted by Gasteiger charge is -2.12. The van der Waals surface area contributed by atoms with Crippen LogP contribution >= 0.6 is 0 Å². The predicted octanol–water partition coefficient (Wildman–Crippen LogP) is 3.45. The van der Waals surface area contributed by atoms with E-state index in [0.717, 1.165) is 16.8 Å². The van der Waals surface area contributed by atoms with Crippen LogP contribution in [0.25, 0.3) is 0 Å². The summed E-state index contributed by atoms with van der Waals surface area (Å²) in [5.74, 6) is -2.36. The molecule has 0 aliphatic heterocycles. The van der Waals surface area contributed by atoms with E-state index in [2.05, 4.69) is 5.10 Å². The third-order valence-electron chi connectivity index (χ3n) is 3.91. The van der Waals surface area contributed by atoms with Gasteiger partial charge in [0.25, 0.3) is 0 Å². The van der Waals surface area contributed by atoms with Gasteiger partial charge in [-0.3, -0.25) is 4.79 Å². The number of halogens is 3. The second-order valence-corrected chi connectivity index (χ2v) is 5.96. The molecule has 156 valence electrons. The van der Waals surface area contributed by atoms with E-state index in [4.69, 9.17) is 9.47 Å². The van der Waals surface area contributed by atoms with Gasteiger partial charge in [0.1, 0.15) is 12.2 Å². The molecule has 7 nitrogen and oxygen atoms in total. The maximum atomic E-state index is 13.1. The molecule has 10 heteroatoms. The smallest absolute Gasteiger partial charge is 0.416 e. The van der Waals surface area contributed by atoms with Crippen LogP contribution in [0.2, 0.25) is 0 Å². The SMILES string of the molecule is CCOC(=O)c1cc(C(=O)OCC)n(CC(=O)c2ccc(C)c(C(F)(F)F)c2)n1. The number of benzene rings is 1. The van der Waals surface area contributed by atoms with E-state index in [1.807, 2.05) is 0 Å². The molecule has 0 aliphatic carbocycles. The first kappa shape index (κ1) is 22.1. The number of rotatable bonds is 7. The van der Waals surface area contributed by atoms with Gasteiger partial charge in [0.15, 0.2) is 11.5 Å². The molecule has 0 unspecified atom stereocenters. The molecule has 1 heterocycles. The zero-order valence-electron chi connectivity index (χ0n) is 16.0. The Morgan fingerprint density at radius 2 is 1.66 bits per heavy atom. The van der Waals surface area contributed by atoms with Crippen molar-refractivity contribution < 1.29 is 37.0 Å². The van der Waals surface area contributed by atoms with Crippen LogP contribution in [0.3, 0.4) is 0 Å². The third kappa shape index (κ3) is 5.21. The Hall–Kier alpha value is -3.17. The molecule has 0 spiro atoms. The van der Waals surface area contributed by atoms with E-state index in [9.17, 15) is 27.6 Å². The number of alkyl halides is 3. The minimum atomic E-state index is -4.61. The molecule has 0 amide bonds. The molecular weight excluding hydrogens is 393 g/mol. The lowest BCUT2D eigenvalue weighted by atomic mass is 10.0. The topological polar surface area (TPSA) is 87.5 Å². The highest BCUT2D eigenvalue weighted by Crippen LogP contribution is 2.32. The molecule has 2 rings (SSSR count). The van der Waals surface area contributed by atoms with E-state index in [1.54, 1.807) is 13.8 Å². The molecule has 1 aromatic carbocycles. The van der Waals surface area contributed by atoms with Crippen LogP contribution in [0.1, 0.15) is 56.3 Å². The summed E-state index contributed by atoms with van der Waals surface area (Å²) in [6, 6.07) is 4.30. The number of carbonyl (C=O) groups excluding carboxylic acids is 3. The Bertz CT molecular complexity index is 934. The van der Waals surface area contributed by atoms with Gasteiger partial charge in [-0.25, -0.2) is 14.3 Å². The summed E-state index contributed by atoms with van der Waals surface area (Å²) in [5, 5.41) is 3.88. The summed E-state index contributed by atoms with van der Waals surface area (Å²) >= 11 is 0. The number of hydrogen-bond donors (Lipinski definition) is 0. The second-order valence-electron chi connectivity index (χ2n) is 5.96. The highest BCUT2D eigenvalue weighted by Gasteiger charge is 2.33. The van der Waals surface area contributed by atoms with Crippen molar-refractivity contribution in [1.29, 1.82) is 0 Å². The van der Waals surface area contributed by atoms with Crippen LogP contribution < -0.4 is 0 Å². The number of ketones is 1. The monoisotopic (exact) mass is 412 g/mol. The van der Waals surface area contributed by atoms with Crippen molar-refractivity contribution in [2.75, 3.05) is 13.2 Å². The predicted molar refractivity (Wildman–Crippen MR) is 94.7 cm³/mol. The first-order valence-electron chi connectivity index (χ1n) is 8.71. The van der Waals surface area contributed by atoms with Gasteiger partial charge in [0, 0.05) is 11.6 Å². The highest BCUT2D eigenvalue weighted by atomic mass is 19.4. The van der Waals surface area contributed by atoms with Gasteiger partial charge in [-0.15, -0.1) is 0 Å². The second kappa shape index (κ2) is 8.89. The number of aryl methyl sites for hydroxylation is 1. The number of aromatic nitrogens is 2. The van der Waals surface area contributed by atoms with Crippen molar-refractivity contribution in [2.24, 2.45) is 0 Å². The third-order valence-corrected chi connectivity index (χ3v) is 3.91. The molecule has 0 aliphatic rings. The normalized spacial score (nSPS) is 11.2. The van der Waals surface area contributed by atoms with Crippen LogP contribution in [0.15, 0.2) is 24.3 Å². The van der Waals surface area contributed by atoms with Crippen molar-refractivity contribution in [1.82, 2.24) is 9.78 Å². The summed E-state index contributed by atoms with van der Waals surface area (Å²) in [5.41, 5.74) is -1.56. The van der Waals surface area contributed by atoms with E-state index < -0.39 is 36.0 Å². The minimum absolute atomic E-state index is 0.0232. The van der Waals surface area contributed by atoms with Crippen molar-refractivity contribution in [2.45, 2.75) is 33.5 Å². The summed E-state index contributed by atoms with van der Waals surface area (Å²) in [4.78, 5) is 36.5. The first-order chi connectivity index (χ1) is 13.6. The summed E-state index contributed by atoms with van der Waals surface area (Å²) < 4.78 is 49.9. The van der Waals surface area contributed by atoms with Gasteiger partial charge in [0.05, 0.1) is 18.8 Å². The lowest BCUT2D eigenvalue weighted by molar-refractivity contribution is -0.138. The van der Waals surface area contributed by atoms with Crippen molar-refractivity contribution in [3.05, 3.63) is 52.3 Å². The van der Waals surface area contributed by atoms with Crippen LogP contribution in [0.4, 0.5) is 13.2 Å². The number of nitrogens with zero attached hydrogens (tertiary/aromatic N) is 2. The summed E-state index contributed by atoms with van der Waals surface area (Å²) in [6.07, 6.45) is -4.61. The molecule has 2 aromatic rings. The van der Waals surface area contributed by atoms with Gasteiger partial charge >= 0.3 is 18.1 Å². The molecule has 0 fully saturated rings. The summed E-state index contributed by atoms with van der Waals surface area (Å²) in [6.45, 7) is 3.99. The Balaban J connectivity index is 2.38. The zero-order valence-corrected chi connectivity index (χ0v) is 16.0. The molecule has 0 bridgehead atoms. The van der Waals surface area contributed by atoms with Crippen molar-refractivity contribution in [3.8, 4) is 0 Å². The molecule has 0 saturated carbocycles. The Morgan fingerprint density at radius 1 is 1.03 bits per heavy atom. The maximum absolute atomic E-state index is 13.1. The molecule has 0 N–H and O–H groups in total. The van der Waals surface area contributed by atoms with Crippen molar-refractivity contribution >= 4 is 17.7 Å². The average molecular weight is 412 g/mol. The molecule has 0 radical (unpaired) electrons. The largest absolute Gasteiger partial charge is 0.461 e. The van der Waals surface area contributed by atoms with Gasteiger partial charge in [-0.1, -0.05) is 12.1 Å². The Morgan fingerprint density at radius 3 is 2.24 bits per heavy atom. The van der Waals surface area contributed by atoms with Crippen LogP contribution in [0.5, 0.6) is 0 Å². The van der Waals surface area contributed by atoms with Gasteiger partial charge in [0.2, 0.25) is 0 Å². The number of ether oxygens (including phenoxy) is 2. The molecule has 29 heavy (non-hydrogen) atoms. The zero-order chi connectivity index (χ0) is 21.8. The molecule has 1 aromatic heterocycles. The fraction of sp³-hybridized carbons (Fsp3) is 0.368. The Kier molecular flexibility index (Phi) is 6.78. The number of carbonyl (C=O) groups is 3. The summed E-state index contributed by atoms with van der Waals surface area (Å²) in [7, 11) is 0. The van der Waals surface area contributed by atoms with Crippen LogP contribution in [-0.4, -0.2) is 40.7 Å². The van der Waals surface area contributed by atoms with Crippen molar-refractivity contribution in [3.63, 3.8) is 0 Å².